The van der Waals surface area contributed by atoms with Crippen LogP contribution in [0.5, 0.6) is 0 Å². The Morgan fingerprint density at radius 1 is 1.03 bits per heavy atom. The number of benzene rings is 2. The van der Waals surface area contributed by atoms with Gasteiger partial charge in [-0.1, -0.05) is 6.07 Å². The van der Waals surface area contributed by atoms with Gasteiger partial charge in [0.15, 0.2) is 0 Å². The van der Waals surface area contributed by atoms with E-state index in [2.05, 4.69) is 20.6 Å². The largest absolute Gasteiger partial charge is 0.352 e. The summed E-state index contributed by atoms with van der Waals surface area (Å²) in [5.74, 6) is -1.35. The summed E-state index contributed by atoms with van der Waals surface area (Å²) in [5, 5.41) is 6.06. The molecule has 0 fully saturated rings. The first-order chi connectivity index (χ1) is 16.4. The van der Waals surface area contributed by atoms with Gasteiger partial charge in [0.2, 0.25) is 0 Å². The van der Waals surface area contributed by atoms with Crippen LogP contribution in [0.2, 0.25) is 0 Å². The number of hydrogen-bond donors (Lipinski definition) is 3. The molecule has 0 aliphatic heterocycles. The maximum Gasteiger partial charge on any atom is 0.275 e. The maximum atomic E-state index is 13.2. The Hall–Kier alpha value is -4.53. The van der Waals surface area contributed by atoms with Gasteiger partial charge in [0.05, 0.1) is 5.56 Å². The summed E-state index contributed by atoms with van der Waals surface area (Å²) in [6.07, 6.45) is 1.51. The number of anilines is 2. The number of nitrogens with one attached hydrogen (secondary N) is 3. The molecule has 8 nitrogen and oxygen atoms in total. The summed E-state index contributed by atoms with van der Waals surface area (Å²) in [7, 11) is 1.60. The van der Waals surface area contributed by atoms with Crippen LogP contribution in [0.4, 0.5) is 15.9 Å². The molecule has 0 spiro atoms. The Kier molecular flexibility index (Phi) is 6.35. The molecule has 0 atom stereocenters. The zero-order valence-corrected chi connectivity index (χ0v) is 18.6. The maximum absolute atomic E-state index is 13.2. The number of pyridine rings is 1. The fraction of sp³-hybridized carbons (Fsp3) is 0.120. The van der Waals surface area contributed by atoms with Crippen LogP contribution < -0.4 is 15.5 Å². The van der Waals surface area contributed by atoms with E-state index in [4.69, 9.17) is 0 Å². The van der Waals surface area contributed by atoms with Crippen molar-refractivity contribution in [1.29, 1.82) is 0 Å². The second-order valence-corrected chi connectivity index (χ2v) is 7.50. The number of aromatic nitrogens is 2. The highest BCUT2D eigenvalue weighted by atomic mass is 19.1. The monoisotopic (exact) mass is 459 g/mol. The average molecular weight is 459 g/mol. The molecular weight excluding hydrogens is 437 g/mol. The fourth-order valence-electron chi connectivity index (χ4n) is 3.55. The van der Waals surface area contributed by atoms with Gasteiger partial charge in [0.25, 0.3) is 17.7 Å². The van der Waals surface area contributed by atoms with Crippen molar-refractivity contribution in [3.05, 3.63) is 89.5 Å². The smallest absolute Gasteiger partial charge is 0.275 e. The Labute approximate surface area is 194 Å². The molecule has 3 N–H and O–H groups in total. The van der Waals surface area contributed by atoms with Gasteiger partial charge in [-0.2, -0.15) is 0 Å². The zero-order valence-electron chi connectivity index (χ0n) is 18.6. The van der Waals surface area contributed by atoms with Crippen molar-refractivity contribution in [2.45, 2.75) is 6.92 Å². The minimum absolute atomic E-state index is 0.202. The summed E-state index contributed by atoms with van der Waals surface area (Å²) in [6, 6.07) is 15.4. The molecule has 2 aromatic carbocycles. The molecule has 2 aromatic heterocycles. The first-order valence-corrected chi connectivity index (χ1v) is 10.6. The van der Waals surface area contributed by atoms with E-state index >= 15 is 0 Å². The Bertz CT molecular complexity index is 1370. The summed E-state index contributed by atoms with van der Waals surface area (Å²) in [5.41, 5.74) is 1.91. The predicted octanol–water partition coefficient (Wildman–Crippen LogP) is 3.98. The van der Waals surface area contributed by atoms with Gasteiger partial charge in [-0.25, -0.2) is 4.39 Å². The second-order valence-electron chi connectivity index (χ2n) is 7.50. The summed E-state index contributed by atoms with van der Waals surface area (Å²) in [4.78, 5) is 46.8. The average Bonchev–Trinajstić information content (AvgIpc) is 3.21. The number of fused-ring (bicyclic) bond motifs is 1. The first kappa shape index (κ1) is 22.7. The zero-order chi connectivity index (χ0) is 24.2. The quantitative estimate of drug-likeness (QED) is 0.405. The fourth-order valence-corrected chi connectivity index (χ4v) is 3.55. The lowest BCUT2D eigenvalue weighted by Gasteiger charge is -2.17. The third kappa shape index (κ3) is 4.49. The number of hydrogen-bond acceptors (Lipinski definition) is 4. The molecule has 172 valence electrons. The summed E-state index contributed by atoms with van der Waals surface area (Å²) in [6.45, 7) is 2.21. The van der Waals surface area contributed by atoms with Crippen molar-refractivity contribution in [2.24, 2.45) is 0 Å². The molecule has 34 heavy (non-hydrogen) atoms. The SMILES string of the molecule is CCNC(=O)c1c(NC(=O)c2ccccn2)[nH]c2cc(N(C)C(=O)c3ccc(F)cc3)ccc12. The Morgan fingerprint density at radius 3 is 2.47 bits per heavy atom. The molecule has 0 saturated carbocycles. The van der Waals surface area contributed by atoms with E-state index < -0.39 is 11.7 Å². The van der Waals surface area contributed by atoms with Crippen LogP contribution in [0.3, 0.4) is 0 Å². The molecule has 0 aliphatic carbocycles. The van der Waals surface area contributed by atoms with E-state index in [-0.39, 0.29) is 28.9 Å². The standard InChI is InChI=1S/C25H22FN5O3/c1-3-27-24(33)21-18-12-11-17(31(2)25(34)15-7-9-16(26)10-8-15)14-20(18)29-22(21)30-23(32)19-6-4-5-13-28-19/h4-14,29H,3H2,1-2H3,(H,27,33)(H,30,32). The van der Waals surface area contributed by atoms with Gasteiger partial charge < -0.3 is 20.5 Å². The van der Waals surface area contributed by atoms with Crippen LogP contribution in [0.1, 0.15) is 38.1 Å². The normalized spacial score (nSPS) is 10.7. The number of amides is 3. The molecule has 0 aliphatic rings. The van der Waals surface area contributed by atoms with E-state index in [1.807, 2.05) is 0 Å². The van der Waals surface area contributed by atoms with Crippen molar-refractivity contribution < 1.29 is 18.8 Å². The predicted molar refractivity (Wildman–Crippen MR) is 128 cm³/mol. The molecule has 0 radical (unpaired) electrons. The topological polar surface area (TPSA) is 107 Å². The molecule has 4 rings (SSSR count). The number of H-pyrrole nitrogens is 1. The summed E-state index contributed by atoms with van der Waals surface area (Å²) >= 11 is 0. The third-order valence-corrected chi connectivity index (χ3v) is 5.27. The van der Waals surface area contributed by atoms with E-state index in [1.54, 1.807) is 50.4 Å². The highest BCUT2D eigenvalue weighted by molar-refractivity contribution is 6.16. The van der Waals surface area contributed by atoms with E-state index in [9.17, 15) is 18.8 Å². The van der Waals surface area contributed by atoms with Crippen molar-refractivity contribution in [2.75, 3.05) is 23.8 Å². The van der Waals surface area contributed by atoms with Gasteiger partial charge >= 0.3 is 0 Å². The van der Waals surface area contributed by atoms with Crippen LogP contribution in [-0.4, -0.2) is 41.3 Å². The van der Waals surface area contributed by atoms with Gasteiger partial charge in [0, 0.05) is 41.9 Å². The Balaban J connectivity index is 1.70. The molecule has 9 heteroatoms. The first-order valence-electron chi connectivity index (χ1n) is 10.6. The molecule has 4 aromatic rings. The van der Waals surface area contributed by atoms with Crippen molar-refractivity contribution in [3.8, 4) is 0 Å². The van der Waals surface area contributed by atoms with Crippen molar-refractivity contribution in [1.82, 2.24) is 15.3 Å². The molecule has 0 bridgehead atoms. The lowest BCUT2D eigenvalue weighted by atomic mass is 10.1. The minimum Gasteiger partial charge on any atom is -0.352 e. The van der Waals surface area contributed by atoms with Crippen molar-refractivity contribution >= 4 is 40.1 Å². The van der Waals surface area contributed by atoms with Crippen LogP contribution in [-0.2, 0) is 0 Å². The van der Waals surface area contributed by atoms with Gasteiger partial charge in [0.1, 0.15) is 17.3 Å². The summed E-state index contributed by atoms with van der Waals surface area (Å²) < 4.78 is 13.2. The van der Waals surface area contributed by atoms with Crippen LogP contribution in [0, 0.1) is 5.82 Å². The lowest BCUT2D eigenvalue weighted by Crippen LogP contribution is -2.26. The van der Waals surface area contributed by atoms with E-state index in [1.165, 1.54) is 35.4 Å². The molecule has 3 amide bonds. The highest BCUT2D eigenvalue weighted by Gasteiger charge is 2.22. The number of halogens is 1. The third-order valence-electron chi connectivity index (χ3n) is 5.27. The second kappa shape index (κ2) is 9.53. The van der Waals surface area contributed by atoms with E-state index in [0.29, 0.717) is 28.7 Å². The number of rotatable bonds is 6. The Morgan fingerprint density at radius 2 is 1.79 bits per heavy atom. The minimum atomic E-state index is -0.471. The molecule has 2 heterocycles. The van der Waals surface area contributed by atoms with Crippen molar-refractivity contribution in [3.63, 3.8) is 0 Å². The van der Waals surface area contributed by atoms with E-state index in [0.717, 1.165) is 0 Å². The van der Waals surface area contributed by atoms with Crippen LogP contribution in [0.15, 0.2) is 66.9 Å². The van der Waals surface area contributed by atoms with Gasteiger partial charge in [-0.15, -0.1) is 0 Å². The lowest BCUT2D eigenvalue weighted by molar-refractivity contribution is 0.0956. The molecular formula is C25H22FN5O3. The van der Waals surface area contributed by atoms with Gasteiger partial charge in [-0.3, -0.25) is 19.4 Å². The van der Waals surface area contributed by atoms with Crippen LogP contribution in [0.25, 0.3) is 10.9 Å². The number of aromatic amines is 1. The van der Waals surface area contributed by atoms with Crippen LogP contribution >= 0.6 is 0 Å². The van der Waals surface area contributed by atoms with Gasteiger partial charge in [-0.05, 0) is 61.5 Å². The molecule has 0 saturated heterocycles. The number of carbonyl (C=O) groups excluding carboxylic acids is 3. The number of nitrogens with zero attached hydrogens (tertiary/aromatic N) is 2. The highest BCUT2D eigenvalue weighted by Crippen LogP contribution is 2.30. The molecule has 0 unspecified atom stereocenters. The number of carbonyl (C=O) groups is 3.